The van der Waals surface area contributed by atoms with Crippen LogP contribution in [-0.2, 0) is 4.79 Å². The molecule has 3 heterocycles. The van der Waals surface area contributed by atoms with E-state index in [9.17, 15) is 4.79 Å². The van der Waals surface area contributed by atoms with Crippen LogP contribution < -0.4 is 25.2 Å². The van der Waals surface area contributed by atoms with Gasteiger partial charge in [-0.15, -0.1) is 16.4 Å². The third kappa shape index (κ3) is 6.60. The molecule has 0 radical (unpaired) electrons. The summed E-state index contributed by atoms with van der Waals surface area (Å²) in [7, 11) is 9.67. The van der Waals surface area contributed by atoms with E-state index in [2.05, 4.69) is 63.7 Å². The van der Waals surface area contributed by atoms with Crippen LogP contribution in [0.3, 0.4) is 0 Å². The van der Waals surface area contributed by atoms with Gasteiger partial charge in [0.25, 0.3) is 0 Å². The van der Waals surface area contributed by atoms with Crippen molar-refractivity contribution in [1.82, 2.24) is 24.6 Å². The molecule has 12 heteroatoms. The summed E-state index contributed by atoms with van der Waals surface area (Å²) in [5, 5.41) is 12.2. The maximum atomic E-state index is 12.3. The Morgan fingerprint density at radius 2 is 1.93 bits per heavy atom. The summed E-state index contributed by atoms with van der Waals surface area (Å²) in [5.41, 5.74) is 2.03. The summed E-state index contributed by atoms with van der Waals surface area (Å²) in [6, 6.07) is 8.00. The number of ether oxygens (including phenoxy) is 1. The predicted molar refractivity (Wildman–Crippen MR) is 170 cm³/mol. The number of carbonyl (C=O) groups excluding carboxylic acids is 1. The molecule has 0 aliphatic rings. The van der Waals surface area contributed by atoms with Crippen LogP contribution >= 0.6 is 11.3 Å². The van der Waals surface area contributed by atoms with E-state index in [1.807, 2.05) is 51.1 Å². The van der Waals surface area contributed by atoms with Gasteiger partial charge in [0.05, 0.1) is 29.6 Å². The number of amides is 1. The van der Waals surface area contributed by atoms with Crippen molar-refractivity contribution in [1.29, 1.82) is 0 Å². The van der Waals surface area contributed by atoms with Crippen LogP contribution in [0.5, 0.6) is 5.75 Å². The maximum Gasteiger partial charge on any atom is 0.247 e. The van der Waals surface area contributed by atoms with Crippen LogP contribution in [0, 0.1) is 6.92 Å². The van der Waals surface area contributed by atoms with Crippen LogP contribution in [-0.4, -0.2) is 85.0 Å². The lowest BCUT2D eigenvalue weighted by atomic mass is 10.2. The second-order valence-corrected chi connectivity index (χ2v) is 11.6. The molecule has 0 saturated heterocycles. The lowest BCUT2D eigenvalue weighted by Gasteiger charge is -2.26. The molecule has 1 amide bonds. The first-order valence-corrected chi connectivity index (χ1v) is 14.2. The molecule has 4 rings (SSSR count). The fourth-order valence-electron chi connectivity index (χ4n) is 4.23. The van der Waals surface area contributed by atoms with E-state index in [-0.39, 0.29) is 11.9 Å². The highest BCUT2D eigenvalue weighted by Gasteiger charge is 2.21. The van der Waals surface area contributed by atoms with Crippen molar-refractivity contribution in [3.05, 3.63) is 48.0 Å². The zero-order chi connectivity index (χ0) is 29.8. The molecular formula is C29H39N9O2S. The summed E-state index contributed by atoms with van der Waals surface area (Å²) in [6.45, 7) is 11.6. The second-order valence-electron chi connectivity index (χ2n) is 10.4. The number of hydrogen-bond donors (Lipinski definition) is 2. The molecule has 0 aliphatic heterocycles. The number of carbonyl (C=O) groups is 1. The number of aryl methyl sites for hydroxylation is 1. The maximum absolute atomic E-state index is 12.3. The molecule has 4 aromatic rings. The lowest BCUT2D eigenvalue weighted by molar-refractivity contribution is -0.111. The van der Waals surface area contributed by atoms with Gasteiger partial charge in [0, 0.05) is 56.4 Å². The second kappa shape index (κ2) is 12.6. The molecule has 3 aromatic heterocycles. The summed E-state index contributed by atoms with van der Waals surface area (Å²) in [6.07, 6.45) is 2.94. The Morgan fingerprint density at radius 1 is 1.17 bits per heavy atom. The van der Waals surface area contributed by atoms with E-state index < -0.39 is 0 Å². The summed E-state index contributed by atoms with van der Waals surface area (Å²) in [5.74, 6) is 2.19. The Balaban J connectivity index is 1.73. The van der Waals surface area contributed by atoms with Gasteiger partial charge in [-0.1, -0.05) is 6.58 Å². The lowest BCUT2D eigenvalue weighted by Crippen LogP contribution is -2.29. The normalized spacial score (nSPS) is 11.3. The highest BCUT2D eigenvalue weighted by Crippen LogP contribution is 2.38. The Bertz CT molecular complexity index is 1540. The number of anilines is 5. The topological polar surface area (TPSA) is 104 Å². The van der Waals surface area contributed by atoms with Gasteiger partial charge in [-0.05, 0) is 53.1 Å². The van der Waals surface area contributed by atoms with Gasteiger partial charge in [0.2, 0.25) is 11.9 Å². The summed E-state index contributed by atoms with van der Waals surface area (Å²) in [4.78, 5) is 30.1. The molecule has 41 heavy (non-hydrogen) atoms. The quantitative estimate of drug-likeness (QED) is 0.228. The summed E-state index contributed by atoms with van der Waals surface area (Å²) < 4.78 is 7.60. The van der Waals surface area contributed by atoms with Gasteiger partial charge in [-0.2, -0.15) is 4.98 Å². The first-order chi connectivity index (χ1) is 19.5. The van der Waals surface area contributed by atoms with E-state index in [0.717, 1.165) is 34.8 Å². The molecule has 0 bridgehead atoms. The third-order valence-electron chi connectivity index (χ3n) is 6.73. The van der Waals surface area contributed by atoms with Crippen molar-refractivity contribution < 1.29 is 9.53 Å². The number of nitrogens with one attached hydrogen (secondary N) is 2. The van der Waals surface area contributed by atoms with E-state index in [4.69, 9.17) is 14.8 Å². The Labute approximate surface area is 245 Å². The largest absolute Gasteiger partial charge is 0.494 e. The SMILES string of the molecule is C=CC(=O)Nc1cc(Nc2nccc(-n3nc(N(C)C(C)C)c4cc(C)sc43)n2)c(OC)cc1N(C)CCN(C)C. The zero-order valence-corrected chi connectivity index (χ0v) is 25.8. The third-order valence-corrected chi connectivity index (χ3v) is 7.76. The van der Waals surface area contributed by atoms with Crippen LogP contribution in [0.25, 0.3) is 16.0 Å². The monoisotopic (exact) mass is 577 g/mol. The predicted octanol–water partition coefficient (Wildman–Crippen LogP) is 4.90. The number of methoxy groups -OCH3 is 1. The molecular weight excluding hydrogens is 538 g/mol. The Morgan fingerprint density at radius 3 is 2.59 bits per heavy atom. The van der Waals surface area contributed by atoms with E-state index in [1.165, 1.54) is 11.0 Å². The fraction of sp³-hybridized carbons (Fsp3) is 0.379. The minimum absolute atomic E-state index is 0.289. The standard InChI is InChI=1S/C29H39N9O2S/c1-10-26(39)31-21-16-22(24(40-9)17-23(21)36(7)14-13-35(5)6)32-29-30-12-11-25(33-29)38-28-20(15-19(4)41-28)27(34-38)37(8)18(2)3/h10-12,15-18H,1,13-14H2,2-9H3,(H,31,39)(H,30,32,33). The van der Waals surface area contributed by atoms with Gasteiger partial charge in [-0.3, -0.25) is 4.79 Å². The number of fused-ring (bicyclic) bond motifs is 1. The molecule has 218 valence electrons. The Kier molecular flexibility index (Phi) is 9.14. The number of thiophene rings is 1. The Hall–Kier alpha value is -4.16. The average molecular weight is 578 g/mol. The van der Waals surface area contributed by atoms with E-state index in [0.29, 0.717) is 28.9 Å². The van der Waals surface area contributed by atoms with Crippen LogP contribution in [0.2, 0.25) is 0 Å². The highest BCUT2D eigenvalue weighted by atomic mass is 32.1. The molecule has 0 atom stereocenters. The number of hydrogen-bond acceptors (Lipinski definition) is 10. The van der Waals surface area contributed by atoms with Gasteiger partial charge in [-0.25, -0.2) is 9.67 Å². The highest BCUT2D eigenvalue weighted by molar-refractivity contribution is 7.18. The minimum atomic E-state index is -0.308. The van der Waals surface area contributed by atoms with Gasteiger partial charge >= 0.3 is 0 Å². The van der Waals surface area contributed by atoms with Crippen molar-refractivity contribution in [2.75, 3.05) is 68.8 Å². The minimum Gasteiger partial charge on any atom is -0.494 e. The van der Waals surface area contributed by atoms with Crippen molar-refractivity contribution in [3.63, 3.8) is 0 Å². The van der Waals surface area contributed by atoms with Crippen molar-refractivity contribution in [2.24, 2.45) is 0 Å². The number of benzene rings is 1. The van der Waals surface area contributed by atoms with Crippen molar-refractivity contribution in [3.8, 4) is 11.6 Å². The molecule has 0 aliphatic carbocycles. The molecule has 0 fully saturated rings. The molecule has 0 spiro atoms. The van der Waals surface area contributed by atoms with Gasteiger partial charge < -0.3 is 30.1 Å². The van der Waals surface area contributed by atoms with Crippen LogP contribution in [0.15, 0.2) is 43.1 Å². The molecule has 11 nitrogen and oxygen atoms in total. The van der Waals surface area contributed by atoms with E-state index in [1.54, 1.807) is 24.6 Å². The number of rotatable bonds is 12. The zero-order valence-electron chi connectivity index (χ0n) is 25.0. The molecule has 2 N–H and O–H groups in total. The average Bonchev–Trinajstić information content (AvgIpc) is 3.48. The molecule has 1 aromatic carbocycles. The van der Waals surface area contributed by atoms with Crippen molar-refractivity contribution >= 4 is 56.3 Å². The van der Waals surface area contributed by atoms with Crippen LogP contribution in [0.4, 0.5) is 28.8 Å². The van der Waals surface area contributed by atoms with Gasteiger partial charge in [0.1, 0.15) is 10.6 Å². The molecule has 0 saturated carbocycles. The number of likely N-dealkylation sites (N-methyl/N-ethyl adjacent to an activating group) is 2. The van der Waals surface area contributed by atoms with Crippen molar-refractivity contribution in [2.45, 2.75) is 26.8 Å². The van der Waals surface area contributed by atoms with E-state index >= 15 is 0 Å². The smallest absolute Gasteiger partial charge is 0.247 e. The molecule has 0 unspecified atom stereocenters. The summed E-state index contributed by atoms with van der Waals surface area (Å²) >= 11 is 1.68. The number of aromatic nitrogens is 4. The number of nitrogens with zero attached hydrogens (tertiary/aromatic N) is 7. The first-order valence-electron chi connectivity index (χ1n) is 13.4. The van der Waals surface area contributed by atoms with Crippen LogP contribution in [0.1, 0.15) is 18.7 Å². The first kappa shape index (κ1) is 29.8. The van der Waals surface area contributed by atoms with Gasteiger partial charge in [0.15, 0.2) is 11.6 Å². The fourth-order valence-corrected chi connectivity index (χ4v) is 5.19.